The fourth-order valence-electron chi connectivity index (χ4n) is 1.37. The summed E-state index contributed by atoms with van der Waals surface area (Å²) >= 11 is 0. The van der Waals surface area contributed by atoms with Crippen molar-refractivity contribution in [1.82, 2.24) is 0 Å². The van der Waals surface area contributed by atoms with Gasteiger partial charge in [0, 0.05) is 12.1 Å². The Morgan fingerprint density at radius 1 is 1.38 bits per heavy atom. The molecular formula is C13H19NO2. The van der Waals surface area contributed by atoms with Crippen LogP contribution in [0.1, 0.15) is 32.3 Å². The Labute approximate surface area is 96.5 Å². The van der Waals surface area contributed by atoms with Crippen LogP contribution in [0.25, 0.3) is 0 Å². The third-order valence-electron chi connectivity index (χ3n) is 2.65. The van der Waals surface area contributed by atoms with Gasteiger partial charge in [0.2, 0.25) is 5.91 Å². The number of aliphatic hydroxyl groups is 1. The van der Waals surface area contributed by atoms with E-state index >= 15 is 0 Å². The highest BCUT2D eigenvalue weighted by Crippen LogP contribution is 2.12. The van der Waals surface area contributed by atoms with E-state index in [0.29, 0.717) is 12.3 Å². The second kappa shape index (κ2) is 6.28. The van der Waals surface area contributed by atoms with Crippen LogP contribution in [0.2, 0.25) is 0 Å². The zero-order chi connectivity index (χ0) is 12.0. The lowest BCUT2D eigenvalue weighted by molar-refractivity contribution is -0.117. The van der Waals surface area contributed by atoms with Crippen molar-refractivity contribution in [3.63, 3.8) is 0 Å². The second-order valence-corrected chi connectivity index (χ2v) is 4.12. The Morgan fingerprint density at radius 3 is 2.50 bits per heavy atom. The number of benzene rings is 1. The molecule has 1 aromatic carbocycles. The zero-order valence-electron chi connectivity index (χ0n) is 9.86. The van der Waals surface area contributed by atoms with Gasteiger partial charge in [0.05, 0.1) is 6.61 Å². The molecule has 0 aliphatic rings. The van der Waals surface area contributed by atoms with Gasteiger partial charge in [-0.2, -0.15) is 0 Å². The summed E-state index contributed by atoms with van der Waals surface area (Å²) in [6, 6.07) is 7.22. The van der Waals surface area contributed by atoms with Gasteiger partial charge in [-0.1, -0.05) is 32.4 Å². The Kier molecular flexibility index (Phi) is 4.99. The van der Waals surface area contributed by atoms with Crippen molar-refractivity contribution >= 4 is 11.6 Å². The fourth-order valence-corrected chi connectivity index (χ4v) is 1.37. The van der Waals surface area contributed by atoms with Gasteiger partial charge in [0.1, 0.15) is 0 Å². The molecule has 16 heavy (non-hydrogen) atoms. The minimum absolute atomic E-state index is 0.0289. The fraction of sp³-hybridized carbons (Fsp3) is 0.462. The molecule has 0 saturated heterocycles. The number of rotatable bonds is 5. The van der Waals surface area contributed by atoms with E-state index < -0.39 is 0 Å². The molecule has 1 aromatic rings. The second-order valence-electron chi connectivity index (χ2n) is 4.12. The molecule has 1 unspecified atom stereocenters. The summed E-state index contributed by atoms with van der Waals surface area (Å²) in [5.74, 6) is 0.461. The molecule has 1 rings (SSSR count). The standard InChI is InChI=1S/C13H19NO2/c1-3-10(2)8-13(16)14-12-6-4-11(9-15)5-7-12/h4-7,10,15H,3,8-9H2,1-2H3,(H,14,16). The topological polar surface area (TPSA) is 49.3 Å². The first kappa shape index (κ1) is 12.7. The molecule has 3 heteroatoms. The highest BCUT2D eigenvalue weighted by molar-refractivity contribution is 5.90. The van der Waals surface area contributed by atoms with E-state index in [0.717, 1.165) is 17.7 Å². The highest BCUT2D eigenvalue weighted by atomic mass is 16.3. The molecular weight excluding hydrogens is 202 g/mol. The smallest absolute Gasteiger partial charge is 0.224 e. The summed E-state index contributed by atoms with van der Waals surface area (Å²) < 4.78 is 0. The van der Waals surface area contributed by atoms with E-state index in [1.807, 2.05) is 0 Å². The van der Waals surface area contributed by atoms with Crippen LogP contribution < -0.4 is 5.32 Å². The Hall–Kier alpha value is -1.35. The number of nitrogens with one attached hydrogen (secondary N) is 1. The van der Waals surface area contributed by atoms with Gasteiger partial charge in [-0.15, -0.1) is 0 Å². The lowest BCUT2D eigenvalue weighted by Crippen LogP contribution is -2.14. The van der Waals surface area contributed by atoms with Crippen molar-refractivity contribution in [3.05, 3.63) is 29.8 Å². The van der Waals surface area contributed by atoms with Crippen LogP contribution in [0.15, 0.2) is 24.3 Å². The zero-order valence-corrected chi connectivity index (χ0v) is 9.86. The third-order valence-corrected chi connectivity index (χ3v) is 2.65. The van der Waals surface area contributed by atoms with Gasteiger partial charge in [-0.25, -0.2) is 0 Å². The molecule has 1 amide bonds. The lowest BCUT2D eigenvalue weighted by Gasteiger charge is -2.09. The summed E-state index contributed by atoms with van der Waals surface area (Å²) in [6.07, 6.45) is 1.56. The maximum atomic E-state index is 11.6. The monoisotopic (exact) mass is 221 g/mol. The number of carbonyl (C=O) groups is 1. The van der Waals surface area contributed by atoms with Crippen molar-refractivity contribution < 1.29 is 9.90 Å². The molecule has 0 saturated carbocycles. The van der Waals surface area contributed by atoms with Crippen LogP contribution in [0.4, 0.5) is 5.69 Å². The normalized spacial score (nSPS) is 12.2. The van der Waals surface area contributed by atoms with Crippen molar-refractivity contribution in [1.29, 1.82) is 0 Å². The predicted octanol–water partition coefficient (Wildman–Crippen LogP) is 2.55. The average molecular weight is 221 g/mol. The number of hydrogen-bond acceptors (Lipinski definition) is 2. The summed E-state index contributed by atoms with van der Waals surface area (Å²) in [5, 5.41) is 11.7. The molecule has 0 aromatic heterocycles. The molecule has 0 spiro atoms. The number of hydrogen-bond donors (Lipinski definition) is 2. The molecule has 0 heterocycles. The van der Waals surface area contributed by atoms with Crippen molar-refractivity contribution in [2.45, 2.75) is 33.3 Å². The first-order chi connectivity index (χ1) is 7.65. The van der Waals surface area contributed by atoms with Crippen molar-refractivity contribution in [2.24, 2.45) is 5.92 Å². The maximum Gasteiger partial charge on any atom is 0.224 e. The largest absolute Gasteiger partial charge is 0.392 e. The van der Waals surface area contributed by atoms with Crippen LogP contribution in [0.5, 0.6) is 0 Å². The van der Waals surface area contributed by atoms with E-state index in [4.69, 9.17) is 5.11 Å². The molecule has 2 N–H and O–H groups in total. The van der Waals surface area contributed by atoms with E-state index in [-0.39, 0.29) is 12.5 Å². The predicted molar refractivity (Wildman–Crippen MR) is 65.1 cm³/mol. The Bertz CT molecular complexity index is 332. The molecule has 1 atom stereocenters. The SMILES string of the molecule is CCC(C)CC(=O)Nc1ccc(CO)cc1. The summed E-state index contributed by atoms with van der Waals surface area (Å²) in [4.78, 5) is 11.6. The number of carbonyl (C=O) groups excluding carboxylic acids is 1. The van der Waals surface area contributed by atoms with E-state index in [9.17, 15) is 4.79 Å². The molecule has 0 aliphatic carbocycles. The minimum atomic E-state index is 0.0289. The van der Waals surface area contributed by atoms with E-state index in [2.05, 4.69) is 19.2 Å². The maximum absolute atomic E-state index is 11.6. The molecule has 88 valence electrons. The number of aliphatic hydroxyl groups excluding tert-OH is 1. The quantitative estimate of drug-likeness (QED) is 0.802. The van der Waals surface area contributed by atoms with Crippen molar-refractivity contribution in [2.75, 3.05) is 5.32 Å². The molecule has 3 nitrogen and oxygen atoms in total. The van der Waals surface area contributed by atoms with Crippen LogP contribution in [0.3, 0.4) is 0 Å². The molecule has 0 radical (unpaired) electrons. The average Bonchev–Trinajstić information content (AvgIpc) is 2.29. The molecule has 0 bridgehead atoms. The van der Waals surface area contributed by atoms with Gasteiger partial charge in [-0.3, -0.25) is 4.79 Å². The van der Waals surface area contributed by atoms with Gasteiger partial charge < -0.3 is 10.4 Å². The Morgan fingerprint density at radius 2 is 2.00 bits per heavy atom. The van der Waals surface area contributed by atoms with Crippen LogP contribution in [-0.2, 0) is 11.4 Å². The lowest BCUT2D eigenvalue weighted by atomic mass is 10.1. The summed E-state index contributed by atoms with van der Waals surface area (Å²) in [7, 11) is 0. The van der Waals surface area contributed by atoms with Crippen LogP contribution >= 0.6 is 0 Å². The third kappa shape index (κ3) is 4.03. The van der Waals surface area contributed by atoms with E-state index in [1.54, 1.807) is 24.3 Å². The molecule has 0 aliphatic heterocycles. The number of amides is 1. The van der Waals surface area contributed by atoms with Gasteiger partial charge >= 0.3 is 0 Å². The van der Waals surface area contributed by atoms with E-state index in [1.165, 1.54) is 0 Å². The first-order valence-corrected chi connectivity index (χ1v) is 5.65. The van der Waals surface area contributed by atoms with Gasteiger partial charge in [-0.05, 0) is 23.6 Å². The summed E-state index contributed by atoms with van der Waals surface area (Å²) in [5.41, 5.74) is 1.63. The first-order valence-electron chi connectivity index (χ1n) is 5.65. The molecule has 0 fully saturated rings. The van der Waals surface area contributed by atoms with Crippen LogP contribution in [0, 0.1) is 5.92 Å². The van der Waals surface area contributed by atoms with Crippen LogP contribution in [-0.4, -0.2) is 11.0 Å². The minimum Gasteiger partial charge on any atom is -0.392 e. The van der Waals surface area contributed by atoms with Gasteiger partial charge in [0.25, 0.3) is 0 Å². The summed E-state index contributed by atoms with van der Waals surface area (Å²) in [6.45, 7) is 4.17. The Balaban J connectivity index is 2.49. The number of anilines is 1. The van der Waals surface area contributed by atoms with Crippen molar-refractivity contribution in [3.8, 4) is 0 Å². The highest BCUT2D eigenvalue weighted by Gasteiger charge is 2.07. The van der Waals surface area contributed by atoms with Gasteiger partial charge in [0.15, 0.2) is 0 Å².